The van der Waals surface area contributed by atoms with Gasteiger partial charge in [-0.25, -0.2) is 0 Å². The van der Waals surface area contributed by atoms with E-state index in [-0.39, 0.29) is 11.9 Å². The summed E-state index contributed by atoms with van der Waals surface area (Å²) in [5.74, 6) is 0.155. The Balaban J connectivity index is 2.37. The van der Waals surface area contributed by atoms with Gasteiger partial charge in [-0.2, -0.15) is 0 Å². The fourth-order valence-corrected chi connectivity index (χ4v) is 1.60. The Kier molecular flexibility index (Phi) is 6.02. The highest BCUT2D eigenvalue weighted by Gasteiger charge is 2.09. The van der Waals surface area contributed by atoms with E-state index < -0.39 is 0 Å². The molecule has 3 heteroatoms. The highest BCUT2D eigenvalue weighted by molar-refractivity contribution is 5.97. The van der Waals surface area contributed by atoms with Gasteiger partial charge in [0.2, 0.25) is 0 Å². The molecular formula is C15H23NO2. The molecule has 0 bridgehead atoms. The average Bonchev–Trinajstić information content (AvgIpc) is 2.29. The van der Waals surface area contributed by atoms with Crippen LogP contribution in [0.5, 0.6) is 0 Å². The van der Waals surface area contributed by atoms with Crippen molar-refractivity contribution in [2.45, 2.75) is 26.9 Å². The fraction of sp³-hybridized carbons (Fsp3) is 0.533. The van der Waals surface area contributed by atoms with Crippen molar-refractivity contribution < 1.29 is 9.53 Å². The van der Waals surface area contributed by atoms with E-state index in [1.54, 1.807) is 0 Å². The minimum atomic E-state index is 0.155. The van der Waals surface area contributed by atoms with Crippen LogP contribution in [0.1, 0.15) is 29.8 Å². The van der Waals surface area contributed by atoms with Gasteiger partial charge in [-0.05, 0) is 27.8 Å². The van der Waals surface area contributed by atoms with Crippen LogP contribution in [0.4, 0.5) is 0 Å². The maximum absolute atomic E-state index is 12.0. The van der Waals surface area contributed by atoms with Gasteiger partial charge < -0.3 is 4.74 Å². The van der Waals surface area contributed by atoms with Gasteiger partial charge in [-0.3, -0.25) is 9.69 Å². The van der Waals surface area contributed by atoms with Crippen LogP contribution in [0, 0.1) is 6.92 Å². The molecule has 0 atom stereocenters. The minimum absolute atomic E-state index is 0.155. The first-order valence-corrected chi connectivity index (χ1v) is 6.39. The van der Waals surface area contributed by atoms with Gasteiger partial charge in [0.15, 0.2) is 5.78 Å². The Morgan fingerprint density at radius 3 is 2.44 bits per heavy atom. The van der Waals surface area contributed by atoms with Crippen LogP contribution in [0.25, 0.3) is 0 Å². The smallest absolute Gasteiger partial charge is 0.176 e. The maximum Gasteiger partial charge on any atom is 0.176 e. The van der Waals surface area contributed by atoms with Crippen LogP contribution in [-0.2, 0) is 4.74 Å². The minimum Gasteiger partial charge on any atom is -0.377 e. The molecule has 0 unspecified atom stereocenters. The zero-order valence-electron chi connectivity index (χ0n) is 11.8. The Morgan fingerprint density at radius 1 is 1.28 bits per heavy atom. The number of hydrogen-bond donors (Lipinski definition) is 0. The predicted octanol–water partition coefficient (Wildman–Crippen LogP) is 2.53. The van der Waals surface area contributed by atoms with Crippen LogP contribution < -0.4 is 0 Å². The van der Waals surface area contributed by atoms with Gasteiger partial charge >= 0.3 is 0 Å². The highest BCUT2D eigenvalue weighted by Crippen LogP contribution is 2.04. The lowest BCUT2D eigenvalue weighted by Gasteiger charge is -2.16. The number of nitrogens with zero attached hydrogens (tertiary/aromatic N) is 1. The summed E-state index contributed by atoms with van der Waals surface area (Å²) in [5, 5.41) is 0. The molecule has 0 aliphatic heterocycles. The summed E-state index contributed by atoms with van der Waals surface area (Å²) in [6, 6.07) is 7.70. The van der Waals surface area contributed by atoms with Crippen LogP contribution in [0.15, 0.2) is 24.3 Å². The van der Waals surface area contributed by atoms with Crippen molar-refractivity contribution in [1.29, 1.82) is 0 Å². The Hall–Kier alpha value is -1.19. The number of benzene rings is 1. The van der Waals surface area contributed by atoms with Gasteiger partial charge in [-0.15, -0.1) is 0 Å². The van der Waals surface area contributed by atoms with Crippen molar-refractivity contribution in [2.24, 2.45) is 0 Å². The molecule has 0 aliphatic carbocycles. The summed E-state index contributed by atoms with van der Waals surface area (Å²) in [5.41, 5.74) is 1.95. The third-order valence-corrected chi connectivity index (χ3v) is 2.71. The summed E-state index contributed by atoms with van der Waals surface area (Å²) < 4.78 is 5.46. The van der Waals surface area contributed by atoms with Crippen LogP contribution in [0.3, 0.4) is 0 Å². The van der Waals surface area contributed by atoms with E-state index in [2.05, 4.69) is 0 Å². The van der Waals surface area contributed by atoms with Crippen LogP contribution in [-0.4, -0.2) is 43.5 Å². The SMILES string of the molecule is Cc1ccc(C(=O)CN(C)CCOC(C)C)cc1. The van der Waals surface area contributed by atoms with E-state index in [0.717, 1.165) is 12.1 Å². The second-order valence-corrected chi connectivity index (χ2v) is 4.95. The summed E-state index contributed by atoms with van der Waals surface area (Å²) in [4.78, 5) is 14.0. The van der Waals surface area contributed by atoms with Gasteiger partial charge in [-0.1, -0.05) is 29.8 Å². The first-order valence-electron chi connectivity index (χ1n) is 6.39. The third kappa shape index (κ3) is 5.43. The molecule has 100 valence electrons. The molecule has 1 aromatic carbocycles. The van der Waals surface area contributed by atoms with E-state index in [1.165, 1.54) is 5.56 Å². The molecule has 0 saturated heterocycles. The van der Waals surface area contributed by atoms with Crippen molar-refractivity contribution in [3.63, 3.8) is 0 Å². The highest BCUT2D eigenvalue weighted by atomic mass is 16.5. The molecule has 0 amide bonds. The lowest BCUT2D eigenvalue weighted by Crippen LogP contribution is -2.29. The van der Waals surface area contributed by atoms with E-state index in [1.807, 2.05) is 57.0 Å². The third-order valence-electron chi connectivity index (χ3n) is 2.71. The Bertz CT molecular complexity index is 371. The van der Waals surface area contributed by atoms with Crippen molar-refractivity contribution in [2.75, 3.05) is 26.7 Å². The van der Waals surface area contributed by atoms with Crippen LogP contribution in [0.2, 0.25) is 0 Å². The van der Waals surface area contributed by atoms with E-state index in [9.17, 15) is 4.79 Å². The maximum atomic E-state index is 12.0. The second-order valence-electron chi connectivity index (χ2n) is 4.95. The number of carbonyl (C=O) groups is 1. The fourth-order valence-electron chi connectivity index (χ4n) is 1.60. The normalized spacial score (nSPS) is 11.2. The monoisotopic (exact) mass is 249 g/mol. The quantitative estimate of drug-likeness (QED) is 0.695. The van der Waals surface area contributed by atoms with Crippen molar-refractivity contribution in [3.05, 3.63) is 35.4 Å². The van der Waals surface area contributed by atoms with Crippen molar-refractivity contribution in [1.82, 2.24) is 4.90 Å². The second kappa shape index (κ2) is 7.29. The number of aryl methyl sites for hydroxylation is 1. The Morgan fingerprint density at radius 2 is 1.89 bits per heavy atom. The van der Waals surface area contributed by atoms with Gasteiger partial charge in [0.1, 0.15) is 0 Å². The molecule has 1 rings (SSSR count). The predicted molar refractivity (Wildman–Crippen MR) is 74.1 cm³/mol. The number of carbonyl (C=O) groups excluding carboxylic acids is 1. The largest absolute Gasteiger partial charge is 0.377 e. The van der Waals surface area contributed by atoms with Crippen molar-refractivity contribution in [3.8, 4) is 0 Å². The summed E-state index contributed by atoms with van der Waals surface area (Å²) >= 11 is 0. The van der Waals surface area contributed by atoms with E-state index >= 15 is 0 Å². The molecule has 0 aliphatic rings. The number of rotatable bonds is 7. The number of Topliss-reactive ketones (excluding diaryl/α,β-unsaturated/α-hetero) is 1. The molecule has 1 aromatic rings. The van der Waals surface area contributed by atoms with E-state index in [4.69, 9.17) is 4.74 Å². The molecule has 0 spiro atoms. The first kappa shape index (κ1) is 14.9. The number of hydrogen-bond acceptors (Lipinski definition) is 3. The molecule has 0 saturated carbocycles. The molecule has 3 nitrogen and oxygen atoms in total. The summed E-state index contributed by atoms with van der Waals surface area (Å²) in [6.45, 7) is 7.91. The lowest BCUT2D eigenvalue weighted by atomic mass is 10.1. The zero-order chi connectivity index (χ0) is 13.5. The molecular weight excluding hydrogens is 226 g/mol. The molecule has 0 heterocycles. The summed E-state index contributed by atoms with van der Waals surface area (Å²) in [7, 11) is 1.94. The molecule has 18 heavy (non-hydrogen) atoms. The number of ether oxygens (including phenoxy) is 1. The molecule has 0 aromatic heterocycles. The van der Waals surface area contributed by atoms with Gasteiger partial charge in [0.25, 0.3) is 0 Å². The Labute approximate surface area is 110 Å². The average molecular weight is 249 g/mol. The lowest BCUT2D eigenvalue weighted by molar-refractivity contribution is 0.0619. The zero-order valence-corrected chi connectivity index (χ0v) is 11.8. The topological polar surface area (TPSA) is 29.5 Å². The van der Waals surface area contributed by atoms with Gasteiger partial charge in [0, 0.05) is 12.1 Å². The number of ketones is 1. The van der Waals surface area contributed by atoms with Crippen LogP contribution >= 0.6 is 0 Å². The molecule has 0 N–H and O–H groups in total. The summed E-state index contributed by atoms with van der Waals surface area (Å²) in [6.07, 6.45) is 0.242. The molecule has 0 radical (unpaired) electrons. The standard InChI is InChI=1S/C15H23NO2/c1-12(2)18-10-9-16(4)11-15(17)14-7-5-13(3)6-8-14/h5-8,12H,9-11H2,1-4H3. The van der Waals surface area contributed by atoms with Crippen molar-refractivity contribution >= 4 is 5.78 Å². The number of likely N-dealkylation sites (N-methyl/N-ethyl adjacent to an activating group) is 1. The first-order chi connectivity index (χ1) is 8.49. The van der Waals surface area contributed by atoms with Gasteiger partial charge in [0.05, 0.1) is 19.3 Å². The van der Waals surface area contributed by atoms with E-state index in [0.29, 0.717) is 13.2 Å². The molecule has 0 fully saturated rings.